The Balaban J connectivity index is 2.75. The molecule has 0 heterocycles. The molecule has 0 atom stereocenters. The van der Waals surface area contributed by atoms with Crippen molar-refractivity contribution in [1.82, 2.24) is 0 Å². The van der Waals surface area contributed by atoms with Crippen LogP contribution < -0.4 is 4.74 Å². The van der Waals surface area contributed by atoms with Crippen molar-refractivity contribution < 1.29 is 14.6 Å². The third-order valence-electron chi connectivity index (χ3n) is 2.02. The average molecular weight is 287 g/mol. The predicted molar refractivity (Wildman–Crippen MR) is 66.4 cm³/mol. The number of halogens is 1. The van der Waals surface area contributed by atoms with Gasteiger partial charge < -0.3 is 9.84 Å². The molecule has 0 saturated carbocycles. The Morgan fingerprint density at radius 1 is 1.38 bits per heavy atom. The molecule has 3 nitrogen and oxygen atoms in total. The maximum absolute atomic E-state index is 11.9. The fraction of sp³-hybridized carbons (Fsp3) is 0.417. The number of rotatable bonds is 5. The molecule has 1 aromatic carbocycles. The standard InChI is InChI=1S/C12H15BrO3/c1-12(2,13)11(15)9-3-5-10(6-4-9)16-8-7-14/h3-6,14H,7-8H2,1-2H3. The van der Waals surface area contributed by atoms with Crippen LogP contribution in [0.2, 0.25) is 0 Å². The monoisotopic (exact) mass is 286 g/mol. The van der Waals surface area contributed by atoms with Gasteiger partial charge in [0, 0.05) is 5.56 Å². The summed E-state index contributed by atoms with van der Waals surface area (Å²) in [5.74, 6) is 0.680. The average Bonchev–Trinajstić information content (AvgIpc) is 2.25. The molecule has 0 aliphatic rings. The highest BCUT2D eigenvalue weighted by Crippen LogP contribution is 2.23. The summed E-state index contributed by atoms with van der Waals surface area (Å²) in [5.41, 5.74) is 0.637. The number of hydrogen-bond donors (Lipinski definition) is 1. The van der Waals surface area contributed by atoms with Crippen molar-refractivity contribution in [3.05, 3.63) is 29.8 Å². The van der Waals surface area contributed by atoms with Crippen molar-refractivity contribution >= 4 is 21.7 Å². The van der Waals surface area contributed by atoms with E-state index in [1.165, 1.54) is 0 Å². The van der Waals surface area contributed by atoms with Gasteiger partial charge in [-0.1, -0.05) is 15.9 Å². The van der Waals surface area contributed by atoms with E-state index in [9.17, 15) is 4.79 Å². The van der Waals surface area contributed by atoms with E-state index in [2.05, 4.69) is 15.9 Å². The molecular weight excluding hydrogens is 272 g/mol. The number of benzene rings is 1. The first-order valence-electron chi connectivity index (χ1n) is 5.02. The molecule has 0 aliphatic carbocycles. The molecule has 0 amide bonds. The summed E-state index contributed by atoms with van der Waals surface area (Å²) in [5, 5.41) is 8.59. The Kier molecular flexibility index (Phi) is 4.50. The zero-order chi connectivity index (χ0) is 12.2. The number of carbonyl (C=O) groups excluding carboxylic acids is 1. The Labute approximate surface area is 104 Å². The van der Waals surface area contributed by atoms with Crippen molar-refractivity contribution in [3.8, 4) is 5.75 Å². The van der Waals surface area contributed by atoms with E-state index in [4.69, 9.17) is 9.84 Å². The van der Waals surface area contributed by atoms with Gasteiger partial charge in [0.15, 0.2) is 5.78 Å². The molecule has 1 rings (SSSR count). The quantitative estimate of drug-likeness (QED) is 0.668. The summed E-state index contributed by atoms with van der Waals surface area (Å²) in [6.07, 6.45) is 0. The van der Waals surface area contributed by atoms with Gasteiger partial charge in [-0.25, -0.2) is 0 Å². The van der Waals surface area contributed by atoms with Gasteiger partial charge in [-0.2, -0.15) is 0 Å². The number of ether oxygens (including phenoxy) is 1. The normalized spacial score (nSPS) is 11.2. The molecule has 0 unspecified atom stereocenters. The van der Waals surface area contributed by atoms with Crippen molar-refractivity contribution in [2.75, 3.05) is 13.2 Å². The van der Waals surface area contributed by atoms with Crippen LogP contribution in [0.3, 0.4) is 0 Å². The summed E-state index contributed by atoms with van der Waals surface area (Å²) >= 11 is 3.33. The summed E-state index contributed by atoms with van der Waals surface area (Å²) in [6, 6.07) is 6.89. The maximum Gasteiger partial charge on any atom is 0.178 e. The summed E-state index contributed by atoms with van der Waals surface area (Å²) in [4.78, 5) is 11.9. The fourth-order valence-corrected chi connectivity index (χ4v) is 1.44. The van der Waals surface area contributed by atoms with Crippen LogP contribution >= 0.6 is 15.9 Å². The van der Waals surface area contributed by atoms with Gasteiger partial charge in [-0.15, -0.1) is 0 Å². The third-order valence-corrected chi connectivity index (χ3v) is 2.38. The Morgan fingerprint density at radius 3 is 2.38 bits per heavy atom. The van der Waals surface area contributed by atoms with Crippen molar-refractivity contribution in [2.24, 2.45) is 0 Å². The molecule has 0 aromatic heterocycles. The highest BCUT2D eigenvalue weighted by atomic mass is 79.9. The zero-order valence-corrected chi connectivity index (χ0v) is 11.0. The van der Waals surface area contributed by atoms with Gasteiger partial charge in [0.25, 0.3) is 0 Å². The summed E-state index contributed by atoms with van der Waals surface area (Å²) in [7, 11) is 0. The van der Waals surface area contributed by atoms with Gasteiger partial charge in [-0.3, -0.25) is 4.79 Å². The van der Waals surface area contributed by atoms with Gasteiger partial charge in [-0.05, 0) is 38.1 Å². The van der Waals surface area contributed by atoms with Crippen LogP contribution in [0.5, 0.6) is 5.75 Å². The fourth-order valence-electron chi connectivity index (χ4n) is 1.21. The van der Waals surface area contributed by atoms with Gasteiger partial charge >= 0.3 is 0 Å². The van der Waals surface area contributed by atoms with E-state index < -0.39 is 4.32 Å². The molecule has 0 spiro atoms. The van der Waals surface area contributed by atoms with E-state index in [-0.39, 0.29) is 19.0 Å². The van der Waals surface area contributed by atoms with Crippen molar-refractivity contribution in [2.45, 2.75) is 18.2 Å². The molecule has 0 aliphatic heterocycles. The number of aliphatic hydroxyl groups is 1. The first-order chi connectivity index (χ1) is 7.45. The summed E-state index contributed by atoms with van der Waals surface area (Å²) in [6.45, 7) is 3.86. The molecule has 4 heteroatoms. The van der Waals surface area contributed by atoms with Gasteiger partial charge in [0.1, 0.15) is 12.4 Å². The smallest absolute Gasteiger partial charge is 0.178 e. The highest BCUT2D eigenvalue weighted by Gasteiger charge is 2.24. The number of ketones is 1. The molecule has 0 saturated heterocycles. The second-order valence-corrected chi connectivity index (χ2v) is 5.88. The zero-order valence-electron chi connectivity index (χ0n) is 9.37. The van der Waals surface area contributed by atoms with Gasteiger partial charge in [0.2, 0.25) is 0 Å². The van der Waals surface area contributed by atoms with Crippen molar-refractivity contribution in [3.63, 3.8) is 0 Å². The largest absolute Gasteiger partial charge is 0.491 e. The van der Waals surface area contributed by atoms with Crippen LogP contribution in [-0.4, -0.2) is 28.4 Å². The van der Waals surface area contributed by atoms with Crippen LogP contribution in [0.25, 0.3) is 0 Å². The molecule has 0 fully saturated rings. The second-order valence-electron chi connectivity index (χ2n) is 3.90. The van der Waals surface area contributed by atoms with Crippen LogP contribution in [0, 0.1) is 0 Å². The SMILES string of the molecule is CC(C)(Br)C(=O)c1ccc(OCCO)cc1. The molecule has 88 valence electrons. The molecule has 16 heavy (non-hydrogen) atoms. The number of aliphatic hydroxyl groups excluding tert-OH is 1. The third kappa shape index (κ3) is 3.61. The Hall–Kier alpha value is -0.870. The molecule has 0 bridgehead atoms. The summed E-state index contributed by atoms with van der Waals surface area (Å²) < 4.78 is 4.65. The lowest BCUT2D eigenvalue weighted by atomic mass is 10.0. The molecule has 1 aromatic rings. The van der Waals surface area contributed by atoms with Crippen LogP contribution in [-0.2, 0) is 0 Å². The van der Waals surface area contributed by atoms with E-state index in [1.807, 2.05) is 13.8 Å². The van der Waals surface area contributed by atoms with E-state index in [1.54, 1.807) is 24.3 Å². The lowest BCUT2D eigenvalue weighted by Crippen LogP contribution is -2.23. The Bertz CT molecular complexity index is 352. The van der Waals surface area contributed by atoms with Crippen molar-refractivity contribution in [1.29, 1.82) is 0 Å². The minimum absolute atomic E-state index is 0.0187. The lowest BCUT2D eigenvalue weighted by Gasteiger charge is -2.14. The molecular formula is C12H15BrO3. The minimum Gasteiger partial charge on any atom is -0.491 e. The number of Topliss-reactive ketones (excluding diaryl/α,β-unsaturated/α-hetero) is 1. The lowest BCUT2D eigenvalue weighted by molar-refractivity contribution is 0.0961. The number of carbonyl (C=O) groups is 1. The van der Waals surface area contributed by atoms with Crippen LogP contribution in [0.1, 0.15) is 24.2 Å². The highest BCUT2D eigenvalue weighted by molar-refractivity contribution is 9.10. The van der Waals surface area contributed by atoms with E-state index in [0.717, 1.165) is 0 Å². The predicted octanol–water partition coefficient (Wildman–Crippen LogP) is 2.41. The first-order valence-corrected chi connectivity index (χ1v) is 5.82. The maximum atomic E-state index is 11.9. The first kappa shape index (κ1) is 13.2. The number of alkyl halides is 1. The van der Waals surface area contributed by atoms with Crippen LogP contribution in [0.4, 0.5) is 0 Å². The van der Waals surface area contributed by atoms with E-state index >= 15 is 0 Å². The minimum atomic E-state index is -0.555. The molecule has 1 N–H and O–H groups in total. The van der Waals surface area contributed by atoms with Crippen LogP contribution in [0.15, 0.2) is 24.3 Å². The second kappa shape index (κ2) is 5.46. The van der Waals surface area contributed by atoms with E-state index in [0.29, 0.717) is 11.3 Å². The number of hydrogen-bond acceptors (Lipinski definition) is 3. The molecule has 0 radical (unpaired) electrons. The Morgan fingerprint density at radius 2 is 1.94 bits per heavy atom. The topological polar surface area (TPSA) is 46.5 Å². The van der Waals surface area contributed by atoms with Gasteiger partial charge in [0.05, 0.1) is 10.9 Å².